The third-order valence-electron chi connectivity index (χ3n) is 3.94. The standard InChI is InChI=1S/C17H25NO3/c1-11-7-8-13(12(2)18-19)14(9-11)20-15-10-16(3,4)21-17(15,5)6/h7-9,15,19H,10H2,1-6H3/b18-12-. The molecular weight excluding hydrogens is 266 g/mol. The predicted octanol–water partition coefficient (Wildman–Crippen LogP) is 3.92. The molecule has 1 heterocycles. The highest BCUT2D eigenvalue weighted by atomic mass is 16.6. The molecule has 0 bridgehead atoms. The summed E-state index contributed by atoms with van der Waals surface area (Å²) in [6, 6.07) is 5.89. The number of hydrogen-bond acceptors (Lipinski definition) is 4. The number of aryl methyl sites for hydroxylation is 1. The van der Waals surface area contributed by atoms with E-state index in [-0.39, 0.29) is 17.3 Å². The van der Waals surface area contributed by atoms with Crippen molar-refractivity contribution in [2.24, 2.45) is 5.16 Å². The summed E-state index contributed by atoms with van der Waals surface area (Å²) >= 11 is 0. The molecule has 2 rings (SSSR count). The lowest BCUT2D eigenvalue weighted by molar-refractivity contribution is -0.0846. The third-order valence-corrected chi connectivity index (χ3v) is 3.94. The Morgan fingerprint density at radius 3 is 2.52 bits per heavy atom. The van der Waals surface area contributed by atoms with Gasteiger partial charge in [-0.1, -0.05) is 11.2 Å². The van der Waals surface area contributed by atoms with Crippen molar-refractivity contribution in [3.63, 3.8) is 0 Å². The van der Waals surface area contributed by atoms with Crippen LogP contribution >= 0.6 is 0 Å². The molecule has 4 heteroatoms. The lowest BCUT2D eigenvalue weighted by atomic mass is 9.97. The van der Waals surface area contributed by atoms with Gasteiger partial charge >= 0.3 is 0 Å². The smallest absolute Gasteiger partial charge is 0.130 e. The fourth-order valence-corrected chi connectivity index (χ4v) is 2.93. The first-order chi connectivity index (χ1) is 9.64. The molecule has 1 aliphatic heterocycles. The Kier molecular flexibility index (Phi) is 4.02. The second-order valence-corrected chi connectivity index (χ2v) is 6.96. The minimum absolute atomic E-state index is 0.0421. The van der Waals surface area contributed by atoms with Crippen LogP contribution in [0.25, 0.3) is 0 Å². The largest absolute Gasteiger partial charge is 0.487 e. The van der Waals surface area contributed by atoms with Crippen molar-refractivity contribution in [1.29, 1.82) is 0 Å². The van der Waals surface area contributed by atoms with Crippen molar-refractivity contribution < 1.29 is 14.7 Å². The van der Waals surface area contributed by atoms with Crippen molar-refractivity contribution in [3.8, 4) is 5.75 Å². The normalized spacial score (nSPS) is 24.1. The van der Waals surface area contributed by atoms with Crippen LogP contribution in [0.5, 0.6) is 5.75 Å². The summed E-state index contributed by atoms with van der Waals surface area (Å²) in [6.45, 7) is 12.0. The maximum atomic E-state index is 9.04. The van der Waals surface area contributed by atoms with Crippen LogP contribution in [0.1, 0.15) is 52.2 Å². The van der Waals surface area contributed by atoms with Crippen LogP contribution in [0, 0.1) is 6.92 Å². The lowest BCUT2D eigenvalue weighted by Gasteiger charge is -2.28. The Morgan fingerprint density at radius 2 is 2.00 bits per heavy atom. The Labute approximate surface area is 126 Å². The molecular formula is C17H25NO3. The predicted molar refractivity (Wildman–Crippen MR) is 83.5 cm³/mol. The van der Waals surface area contributed by atoms with Crippen molar-refractivity contribution in [3.05, 3.63) is 29.3 Å². The van der Waals surface area contributed by atoms with Gasteiger partial charge in [0.25, 0.3) is 0 Å². The molecule has 1 aromatic carbocycles. The van der Waals surface area contributed by atoms with E-state index in [1.807, 2.05) is 25.1 Å². The summed E-state index contributed by atoms with van der Waals surface area (Å²) < 4.78 is 12.3. The molecule has 1 aliphatic rings. The summed E-state index contributed by atoms with van der Waals surface area (Å²) in [5.41, 5.74) is 1.91. The molecule has 1 aromatic rings. The number of rotatable bonds is 3. The summed E-state index contributed by atoms with van der Waals surface area (Å²) in [7, 11) is 0. The molecule has 0 spiro atoms. The van der Waals surface area contributed by atoms with E-state index in [1.165, 1.54) is 0 Å². The van der Waals surface area contributed by atoms with Crippen LogP contribution in [0.4, 0.5) is 0 Å². The number of oxime groups is 1. The number of hydrogen-bond donors (Lipinski definition) is 1. The molecule has 0 aromatic heterocycles. The van der Waals surface area contributed by atoms with E-state index in [4.69, 9.17) is 14.7 Å². The minimum Gasteiger partial charge on any atom is -0.487 e. The second-order valence-electron chi connectivity index (χ2n) is 6.96. The summed E-state index contributed by atoms with van der Waals surface area (Å²) in [5.74, 6) is 0.740. The van der Waals surface area contributed by atoms with Gasteiger partial charge in [-0.2, -0.15) is 0 Å². The van der Waals surface area contributed by atoms with Crippen LogP contribution < -0.4 is 4.74 Å². The van der Waals surface area contributed by atoms with E-state index in [0.717, 1.165) is 23.3 Å². The molecule has 0 aliphatic carbocycles. The zero-order valence-electron chi connectivity index (χ0n) is 13.7. The topological polar surface area (TPSA) is 51.1 Å². The fraction of sp³-hybridized carbons (Fsp3) is 0.588. The van der Waals surface area contributed by atoms with Crippen LogP contribution in [-0.4, -0.2) is 28.2 Å². The summed E-state index contributed by atoms with van der Waals surface area (Å²) in [4.78, 5) is 0. The van der Waals surface area contributed by atoms with Gasteiger partial charge in [0.15, 0.2) is 0 Å². The molecule has 1 saturated heterocycles. The molecule has 1 N–H and O–H groups in total. The first-order valence-corrected chi connectivity index (χ1v) is 7.31. The Balaban J connectivity index is 2.33. The molecule has 116 valence electrons. The summed E-state index contributed by atoms with van der Waals surface area (Å²) in [6.07, 6.45) is 0.780. The lowest BCUT2D eigenvalue weighted by Crippen LogP contribution is -2.37. The van der Waals surface area contributed by atoms with Gasteiger partial charge in [-0.05, 0) is 59.2 Å². The Morgan fingerprint density at radius 1 is 1.33 bits per heavy atom. The quantitative estimate of drug-likeness (QED) is 0.522. The van der Waals surface area contributed by atoms with E-state index in [9.17, 15) is 0 Å². The fourth-order valence-electron chi connectivity index (χ4n) is 2.93. The monoisotopic (exact) mass is 291 g/mol. The van der Waals surface area contributed by atoms with E-state index in [2.05, 4.69) is 32.9 Å². The zero-order valence-corrected chi connectivity index (χ0v) is 13.7. The van der Waals surface area contributed by atoms with E-state index in [0.29, 0.717) is 5.71 Å². The number of ether oxygens (including phenoxy) is 2. The van der Waals surface area contributed by atoms with Gasteiger partial charge in [-0.3, -0.25) is 0 Å². The molecule has 1 unspecified atom stereocenters. The number of nitrogens with zero attached hydrogens (tertiary/aromatic N) is 1. The van der Waals surface area contributed by atoms with E-state index >= 15 is 0 Å². The molecule has 1 fully saturated rings. The Hall–Kier alpha value is -1.55. The highest BCUT2D eigenvalue weighted by Crippen LogP contribution is 2.40. The van der Waals surface area contributed by atoms with Crippen LogP contribution in [0.15, 0.2) is 23.4 Å². The van der Waals surface area contributed by atoms with Gasteiger partial charge in [0.05, 0.1) is 11.3 Å². The average molecular weight is 291 g/mol. The zero-order chi connectivity index (χ0) is 15.8. The summed E-state index contributed by atoms with van der Waals surface area (Å²) in [5, 5.41) is 12.3. The Bertz CT molecular complexity index is 561. The van der Waals surface area contributed by atoms with Crippen molar-refractivity contribution in [2.75, 3.05) is 0 Å². The average Bonchev–Trinajstić information content (AvgIpc) is 2.56. The first-order valence-electron chi connectivity index (χ1n) is 7.31. The SMILES string of the molecule is C/C(=N/O)c1ccc(C)cc1OC1CC(C)(C)OC1(C)C. The van der Waals surface area contributed by atoms with Crippen LogP contribution in [0.3, 0.4) is 0 Å². The maximum absolute atomic E-state index is 9.04. The molecule has 0 saturated carbocycles. The number of benzene rings is 1. The second kappa shape index (κ2) is 5.34. The first kappa shape index (κ1) is 15.8. The van der Waals surface area contributed by atoms with Gasteiger partial charge in [-0.15, -0.1) is 0 Å². The molecule has 0 amide bonds. The van der Waals surface area contributed by atoms with Gasteiger partial charge in [0, 0.05) is 12.0 Å². The molecule has 0 radical (unpaired) electrons. The van der Waals surface area contributed by atoms with Crippen molar-refractivity contribution >= 4 is 5.71 Å². The maximum Gasteiger partial charge on any atom is 0.130 e. The van der Waals surface area contributed by atoms with Crippen LogP contribution in [0.2, 0.25) is 0 Å². The van der Waals surface area contributed by atoms with E-state index in [1.54, 1.807) is 6.92 Å². The van der Waals surface area contributed by atoms with Gasteiger partial charge in [0.2, 0.25) is 0 Å². The van der Waals surface area contributed by atoms with E-state index < -0.39 is 0 Å². The van der Waals surface area contributed by atoms with Crippen LogP contribution in [-0.2, 0) is 4.74 Å². The molecule has 4 nitrogen and oxygen atoms in total. The minimum atomic E-state index is -0.352. The molecule has 1 atom stereocenters. The van der Waals surface area contributed by atoms with Gasteiger partial charge < -0.3 is 14.7 Å². The van der Waals surface area contributed by atoms with Crippen molar-refractivity contribution in [1.82, 2.24) is 0 Å². The van der Waals surface area contributed by atoms with Gasteiger partial charge in [0.1, 0.15) is 17.5 Å². The van der Waals surface area contributed by atoms with Gasteiger partial charge in [-0.25, -0.2) is 0 Å². The molecule has 21 heavy (non-hydrogen) atoms. The third kappa shape index (κ3) is 3.38. The highest BCUT2D eigenvalue weighted by Gasteiger charge is 2.47. The van der Waals surface area contributed by atoms with Crippen molar-refractivity contribution in [2.45, 2.75) is 65.3 Å². The highest BCUT2D eigenvalue weighted by molar-refractivity contribution is 6.00.